The van der Waals surface area contributed by atoms with Crippen LogP contribution in [-0.2, 0) is 11.2 Å². The standard InChI is InChI=1S/C14H22N2O2/c1-10(2)7-12(17)9-16-14(18)8-13-11(3)5-4-6-15-13/h4-6,10,12,17H,7-9H2,1-3H3,(H,16,18). The van der Waals surface area contributed by atoms with Crippen LogP contribution in [-0.4, -0.2) is 28.6 Å². The molecule has 0 aliphatic carbocycles. The second kappa shape index (κ2) is 7.11. The third-order valence-corrected chi connectivity index (χ3v) is 2.72. The molecule has 1 unspecified atom stereocenters. The number of hydrogen-bond acceptors (Lipinski definition) is 3. The molecular weight excluding hydrogens is 228 g/mol. The summed E-state index contributed by atoms with van der Waals surface area (Å²) in [5, 5.41) is 12.4. The molecule has 0 aliphatic rings. The van der Waals surface area contributed by atoms with Crippen molar-refractivity contribution in [2.75, 3.05) is 6.54 Å². The lowest BCUT2D eigenvalue weighted by Gasteiger charge is -2.14. The Balaban J connectivity index is 2.36. The fraction of sp³-hybridized carbons (Fsp3) is 0.571. The second-order valence-electron chi connectivity index (χ2n) is 5.03. The van der Waals surface area contributed by atoms with Crippen molar-refractivity contribution in [1.82, 2.24) is 10.3 Å². The third kappa shape index (κ3) is 5.27. The Morgan fingerprint density at radius 1 is 1.50 bits per heavy atom. The molecule has 2 N–H and O–H groups in total. The summed E-state index contributed by atoms with van der Waals surface area (Å²) >= 11 is 0. The van der Waals surface area contributed by atoms with E-state index in [0.29, 0.717) is 18.9 Å². The van der Waals surface area contributed by atoms with Crippen LogP contribution in [0.25, 0.3) is 0 Å². The van der Waals surface area contributed by atoms with Gasteiger partial charge in [0.25, 0.3) is 0 Å². The smallest absolute Gasteiger partial charge is 0.226 e. The fourth-order valence-corrected chi connectivity index (χ4v) is 1.78. The molecule has 0 saturated heterocycles. The summed E-state index contributed by atoms with van der Waals surface area (Å²) < 4.78 is 0. The molecule has 0 spiro atoms. The first kappa shape index (κ1) is 14.6. The molecule has 0 aliphatic heterocycles. The number of carbonyl (C=O) groups is 1. The van der Waals surface area contributed by atoms with Gasteiger partial charge in [-0.2, -0.15) is 0 Å². The van der Waals surface area contributed by atoms with Crippen LogP contribution in [0.15, 0.2) is 18.3 Å². The zero-order chi connectivity index (χ0) is 13.5. The number of amides is 1. The van der Waals surface area contributed by atoms with E-state index in [2.05, 4.69) is 10.3 Å². The third-order valence-electron chi connectivity index (χ3n) is 2.72. The molecule has 1 amide bonds. The Morgan fingerprint density at radius 3 is 2.83 bits per heavy atom. The number of aliphatic hydroxyl groups excluding tert-OH is 1. The summed E-state index contributed by atoms with van der Waals surface area (Å²) in [6, 6.07) is 3.78. The highest BCUT2D eigenvalue weighted by atomic mass is 16.3. The molecule has 1 rings (SSSR count). The molecule has 100 valence electrons. The molecule has 1 aromatic heterocycles. The van der Waals surface area contributed by atoms with E-state index in [0.717, 1.165) is 11.3 Å². The molecule has 4 heteroatoms. The lowest BCUT2D eigenvalue weighted by molar-refractivity contribution is -0.121. The number of hydrogen-bond donors (Lipinski definition) is 2. The maximum atomic E-state index is 11.7. The van der Waals surface area contributed by atoms with Gasteiger partial charge in [-0.05, 0) is 30.9 Å². The number of nitrogens with zero attached hydrogens (tertiary/aromatic N) is 1. The summed E-state index contributed by atoms with van der Waals surface area (Å²) in [6.45, 7) is 6.33. The van der Waals surface area contributed by atoms with E-state index >= 15 is 0 Å². The van der Waals surface area contributed by atoms with Crippen LogP contribution in [0.4, 0.5) is 0 Å². The average Bonchev–Trinajstić information content (AvgIpc) is 2.29. The molecule has 0 bridgehead atoms. The van der Waals surface area contributed by atoms with Crippen molar-refractivity contribution in [1.29, 1.82) is 0 Å². The first-order valence-corrected chi connectivity index (χ1v) is 6.34. The molecule has 1 heterocycles. The van der Waals surface area contributed by atoms with Gasteiger partial charge in [0.15, 0.2) is 0 Å². The van der Waals surface area contributed by atoms with E-state index < -0.39 is 6.10 Å². The minimum absolute atomic E-state index is 0.0976. The number of aromatic nitrogens is 1. The van der Waals surface area contributed by atoms with E-state index in [-0.39, 0.29) is 12.3 Å². The molecular formula is C14H22N2O2. The Bertz CT molecular complexity index is 391. The second-order valence-corrected chi connectivity index (χ2v) is 5.03. The van der Waals surface area contributed by atoms with Crippen LogP contribution in [0.5, 0.6) is 0 Å². The first-order valence-electron chi connectivity index (χ1n) is 6.34. The quantitative estimate of drug-likeness (QED) is 0.803. The molecule has 1 atom stereocenters. The van der Waals surface area contributed by atoms with Crippen LogP contribution in [0.1, 0.15) is 31.5 Å². The van der Waals surface area contributed by atoms with Gasteiger partial charge in [-0.1, -0.05) is 19.9 Å². The maximum Gasteiger partial charge on any atom is 0.226 e. The number of rotatable bonds is 6. The highest BCUT2D eigenvalue weighted by Gasteiger charge is 2.10. The molecule has 0 radical (unpaired) electrons. The number of aryl methyl sites for hydroxylation is 1. The van der Waals surface area contributed by atoms with Crippen LogP contribution in [0.2, 0.25) is 0 Å². The predicted octanol–water partition coefficient (Wildman–Crippen LogP) is 1.46. The molecule has 1 aromatic rings. The van der Waals surface area contributed by atoms with Crippen LogP contribution < -0.4 is 5.32 Å². The Morgan fingerprint density at radius 2 is 2.22 bits per heavy atom. The minimum Gasteiger partial charge on any atom is -0.391 e. The zero-order valence-corrected chi connectivity index (χ0v) is 11.3. The van der Waals surface area contributed by atoms with Crippen molar-refractivity contribution in [2.45, 2.75) is 39.7 Å². The molecule has 0 aromatic carbocycles. The normalized spacial score (nSPS) is 12.5. The van der Waals surface area contributed by atoms with Crippen molar-refractivity contribution in [3.05, 3.63) is 29.6 Å². The van der Waals surface area contributed by atoms with Gasteiger partial charge < -0.3 is 10.4 Å². The summed E-state index contributed by atoms with van der Waals surface area (Å²) in [7, 11) is 0. The maximum absolute atomic E-state index is 11.7. The number of nitrogens with one attached hydrogen (secondary N) is 1. The van der Waals surface area contributed by atoms with Crippen molar-refractivity contribution < 1.29 is 9.90 Å². The van der Waals surface area contributed by atoms with Gasteiger partial charge >= 0.3 is 0 Å². The van der Waals surface area contributed by atoms with E-state index in [1.54, 1.807) is 6.20 Å². The number of carbonyl (C=O) groups excluding carboxylic acids is 1. The van der Waals surface area contributed by atoms with Crippen molar-refractivity contribution in [3.63, 3.8) is 0 Å². The van der Waals surface area contributed by atoms with E-state index in [1.165, 1.54) is 0 Å². The Hall–Kier alpha value is -1.42. The minimum atomic E-state index is -0.473. The van der Waals surface area contributed by atoms with E-state index in [4.69, 9.17) is 0 Å². The predicted molar refractivity (Wildman–Crippen MR) is 71.1 cm³/mol. The fourth-order valence-electron chi connectivity index (χ4n) is 1.78. The zero-order valence-electron chi connectivity index (χ0n) is 11.3. The Labute approximate surface area is 108 Å². The van der Waals surface area contributed by atoms with E-state index in [1.807, 2.05) is 32.9 Å². The molecule has 0 fully saturated rings. The van der Waals surface area contributed by atoms with Gasteiger partial charge in [-0.25, -0.2) is 0 Å². The van der Waals surface area contributed by atoms with Gasteiger partial charge in [0.1, 0.15) is 0 Å². The average molecular weight is 250 g/mol. The van der Waals surface area contributed by atoms with Gasteiger partial charge in [0.2, 0.25) is 5.91 Å². The van der Waals surface area contributed by atoms with Gasteiger partial charge in [0, 0.05) is 12.7 Å². The summed E-state index contributed by atoms with van der Waals surface area (Å²) in [5.41, 5.74) is 1.80. The highest BCUT2D eigenvalue weighted by Crippen LogP contribution is 2.05. The summed E-state index contributed by atoms with van der Waals surface area (Å²) in [5.74, 6) is 0.328. The van der Waals surface area contributed by atoms with Crippen LogP contribution in [0.3, 0.4) is 0 Å². The topological polar surface area (TPSA) is 62.2 Å². The lowest BCUT2D eigenvalue weighted by atomic mass is 10.1. The van der Waals surface area contributed by atoms with Gasteiger partial charge in [0.05, 0.1) is 18.2 Å². The van der Waals surface area contributed by atoms with Crippen molar-refractivity contribution >= 4 is 5.91 Å². The molecule has 4 nitrogen and oxygen atoms in total. The summed E-state index contributed by atoms with van der Waals surface area (Å²) in [4.78, 5) is 15.9. The highest BCUT2D eigenvalue weighted by molar-refractivity contribution is 5.78. The van der Waals surface area contributed by atoms with E-state index in [9.17, 15) is 9.90 Å². The SMILES string of the molecule is Cc1cccnc1CC(=O)NCC(O)CC(C)C. The number of aliphatic hydroxyl groups is 1. The number of pyridine rings is 1. The van der Waals surface area contributed by atoms with Gasteiger partial charge in [-0.15, -0.1) is 0 Å². The monoisotopic (exact) mass is 250 g/mol. The van der Waals surface area contributed by atoms with Crippen LogP contribution >= 0.6 is 0 Å². The van der Waals surface area contributed by atoms with Gasteiger partial charge in [-0.3, -0.25) is 9.78 Å². The largest absolute Gasteiger partial charge is 0.391 e. The lowest BCUT2D eigenvalue weighted by Crippen LogP contribution is -2.34. The summed E-state index contributed by atoms with van der Waals surface area (Å²) in [6.07, 6.45) is 2.17. The Kier molecular flexibility index (Phi) is 5.78. The molecule has 0 saturated carbocycles. The van der Waals surface area contributed by atoms with Crippen molar-refractivity contribution in [3.8, 4) is 0 Å². The first-order chi connectivity index (χ1) is 8.49. The van der Waals surface area contributed by atoms with Crippen molar-refractivity contribution in [2.24, 2.45) is 5.92 Å². The van der Waals surface area contributed by atoms with Crippen LogP contribution in [0, 0.1) is 12.8 Å². The molecule has 18 heavy (non-hydrogen) atoms.